The van der Waals surface area contributed by atoms with Crippen LogP contribution < -0.4 is 10.2 Å². The minimum absolute atomic E-state index is 0.210. The topological polar surface area (TPSA) is 100 Å². The normalized spacial score (nSPS) is 16.0. The van der Waals surface area contributed by atoms with E-state index in [0.29, 0.717) is 40.9 Å². The molecule has 0 unspecified atom stereocenters. The predicted octanol–water partition coefficient (Wildman–Crippen LogP) is 2.71. The number of aliphatic hydroxyl groups is 1. The fraction of sp³-hybridized carbons (Fsp3) is 0.300. The van der Waals surface area contributed by atoms with Crippen LogP contribution in [-0.2, 0) is 11.3 Å². The van der Waals surface area contributed by atoms with Gasteiger partial charge in [0, 0.05) is 25.5 Å². The minimum Gasteiger partial charge on any atom is -0.465 e. The number of pyridine rings is 2. The maximum absolute atomic E-state index is 14.8. The third-order valence-corrected chi connectivity index (χ3v) is 5.85. The zero-order chi connectivity index (χ0) is 21.1. The van der Waals surface area contributed by atoms with Crippen LogP contribution in [0.3, 0.4) is 0 Å². The minimum atomic E-state index is -0.675. The molecule has 1 fully saturated rings. The molecule has 1 atom stereocenters. The van der Waals surface area contributed by atoms with E-state index >= 15 is 0 Å². The summed E-state index contributed by atoms with van der Waals surface area (Å²) in [6.45, 7) is 1.31. The third-order valence-electron chi connectivity index (χ3n) is 4.74. The van der Waals surface area contributed by atoms with Gasteiger partial charge in [0.1, 0.15) is 15.7 Å². The van der Waals surface area contributed by atoms with Crippen molar-refractivity contribution < 1.29 is 19.0 Å². The first kappa shape index (κ1) is 20.2. The van der Waals surface area contributed by atoms with Gasteiger partial charge in [-0.25, -0.2) is 14.8 Å². The van der Waals surface area contributed by atoms with E-state index < -0.39 is 18.0 Å². The molecule has 0 radical (unpaired) electrons. The first-order valence-corrected chi connectivity index (χ1v) is 10.2. The summed E-state index contributed by atoms with van der Waals surface area (Å²) in [4.78, 5) is 26.9. The van der Waals surface area contributed by atoms with Crippen LogP contribution >= 0.6 is 11.3 Å². The number of β-amino-alcohol motifs (C(OH)–C–C–N with tert-alkyl or cyclic N) is 1. The number of ether oxygens (including phenoxy) is 1. The number of halogens is 1. The number of hydrogen-bond donors (Lipinski definition) is 2. The van der Waals surface area contributed by atoms with E-state index in [1.807, 2.05) is 11.0 Å². The molecule has 0 aliphatic carbocycles. The maximum Gasteiger partial charge on any atom is 0.350 e. The molecule has 4 heterocycles. The Morgan fingerprint density at radius 1 is 1.40 bits per heavy atom. The Bertz CT molecular complexity index is 1050. The molecule has 3 aromatic heterocycles. The Balaban J connectivity index is 1.60. The average molecular weight is 429 g/mol. The predicted molar refractivity (Wildman–Crippen MR) is 111 cm³/mol. The van der Waals surface area contributed by atoms with E-state index in [9.17, 15) is 14.3 Å². The van der Waals surface area contributed by atoms with Crippen molar-refractivity contribution in [2.75, 3.05) is 30.4 Å². The van der Waals surface area contributed by atoms with Gasteiger partial charge in [-0.1, -0.05) is 0 Å². The Morgan fingerprint density at radius 3 is 2.93 bits per heavy atom. The number of nitrogens with one attached hydrogen (secondary N) is 1. The molecule has 156 valence electrons. The molecule has 3 aromatic rings. The molecule has 0 amide bonds. The molecule has 30 heavy (non-hydrogen) atoms. The number of thiazole rings is 1. The molecule has 0 saturated carbocycles. The van der Waals surface area contributed by atoms with Gasteiger partial charge in [-0.2, -0.15) is 4.39 Å². The summed E-state index contributed by atoms with van der Waals surface area (Å²) < 4.78 is 19.6. The van der Waals surface area contributed by atoms with Crippen molar-refractivity contribution in [3.8, 4) is 10.6 Å². The molecule has 4 rings (SSSR count). The van der Waals surface area contributed by atoms with Gasteiger partial charge in [0.05, 0.1) is 36.7 Å². The second-order valence-corrected chi connectivity index (χ2v) is 7.78. The highest BCUT2D eigenvalue weighted by Crippen LogP contribution is 2.32. The molecule has 1 aliphatic heterocycles. The quantitative estimate of drug-likeness (QED) is 0.456. The number of rotatable bonds is 6. The lowest BCUT2D eigenvalue weighted by atomic mass is 10.2. The highest BCUT2D eigenvalue weighted by atomic mass is 32.1. The van der Waals surface area contributed by atoms with Crippen LogP contribution in [0.1, 0.15) is 21.8 Å². The SMILES string of the molecule is COC(=O)c1sc(-c2ccc(N3CC[C@H](O)C3)nc2F)nc1CNc1cccnc1. The monoisotopic (exact) mass is 429 g/mol. The Labute approximate surface area is 176 Å². The molecule has 0 bridgehead atoms. The van der Waals surface area contributed by atoms with Crippen LogP contribution in [0.15, 0.2) is 36.7 Å². The van der Waals surface area contributed by atoms with Crippen LogP contribution in [0, 0.1) is 5.95 Å². The van der Waals surface area contributed by atoms with Gasteiger partial charge in [0.15, 0.2) is 0 Å². The molecular weight excluding hydrogens is 409 g/mol. The standard InChI is InChI=1S/C20H20FN5O3S/c1-29-20(28)17-15(10-23-12-3-2-7-22-9-12)24-19(30-17)14-4-5-16(25-18(14)21)26-8-6-13(27)11-26/h2-5,7,9,13,23,27H,6,8,10-11H2,1H3/t13-/m0/s1. The molecule has 1 saturated heterocycles. The fourth-order valence-electron chi connectivity index (χ4n) is 3.20. The second-order valence-electron chi connectivity index (χ2n) is 6.78. The lowest BCUT2D eigenvalue weighted by molar-refractivity contribution is 0.0605. The van der Waals surface area contributed by atoms with Gasteiger partial charge >= 0.3 is 5.97 Å². The summed E-state index contributed by atoms with van der Waals surface area (Å²) in [7, 11) is 1.29. The van der Waals surface area contributed by atoms with E-state index in [4.69, 9.17) is 4.74 Å². The van der Waals surface area contributed by atoms with Gasteiger partial charge in [-0.05, 0) is 30.7 Å². The van der Waals surface area contributed by atoms with Gasteiger partial charge in [-0.3, -0.25) is 4.98 Å². The summed E-state index contributed by atoms with van der Waals surface area (Å²) >= 11 is 1.06. The van der Waals surface area contributed by atoms with Crippen molar-refractivity contribution in [2.45, 2.75) is 19.1 Å². The van der Waals surface area contributed by atoms with E-state index in [1.54, 1.807) is 30.6 Å². The first-order chi connectivity index (χ1) is 14.5. The highest BCUT2D eigenvalue weighted by molar-refractivity contribution is 7.17. The number of esters is 1. The Morgan fingerprint density at radius 2 is 2.27 bits per heavy atom. The molecule has 1 aliphatic rings. The number of carbonyl (C=O) groups is 1. The van der Waals surface area contributed by atoms with Gasteiger partial charge in [-0.15, -0.1) is 11.3 Å². The summed E-state index contributed by atoms with van der Waals surface area (Å²) in [6.07, 6.45) is 3.52. The van der Waals surface area contributed by atoms with Gasteiger partial charge in [0.2, 0.25) is 5.95 Å². The van der Waals surface area contributed by atoms with Crippen LogP contribution in [0.5, 0.6) is 0 Å². The van der Waals surface area contributed by atoms with Crippen LogP contribution in [-0.4, -0.2) is 52.3 Å². The summed E-state index contributed by atoms with van der Waals surface area (Å²) in [6, 6.07) is 6.93. The van der Waals surface area contributed by atoms with Crippen molar-refractivity contribution in [3.63, 3.8) is 0 Å². The van der Waals surface area contributed by atoms with E-state index in [0.717, 1.165) is 17.0 Å². The van der Waals surface area contributed by atoms with E-state index in [-0.39, 0.29) is 12.1 Å². The maximum atomic E-state index is 14.8. The Kier molecular flexibility index (Phi) is 5.86. The molecule has 0 aromatic carbocycles. The van der Waals surface area contributed by atoms with Crippen molar-refractivity contribution in [1.29, 1.82) is 0 Å². The molecule has 10 heteroatoms. The third kappa shape index (κ3) is 4.24. The number of aliphatic hydroxyl groups excluding tert-OH is 1. The molecule has 8 nitrogen and oxygen atoms in total. The zero-order valence-electron chi connectivity index (χ0n) is 16.2. The summed E-state index contributed by atoms with van der Waals surface area (Å²) in [5.41, 5.74) is 1.44. The van der Waals surface area contributed by atoms with Gasteiger partial charge in [0.25, 0.3) is 0 Å². The number of hydrogen-bond acceptors (Lipinski definition) is 9. The van der Waals surface area contributed by atoms with Crippen LogP contribution in [0.4, 0.5) is 15.9 Å². The summed E-state index contributed by atoms with van der Waals surface area (Å²) in [5.74, 6) is -0.736. The molecular formula is C20H20FN5O3S. The lowest BCUT2D eigenvalue weighted by Gasteiger charge is -2.16. The van der Waals surface area contributed by atoms with Gasteiger partial charge < -0.3 is 20.1 Å². The number of aromatic nitrogens is 3. The summed E-state index contributed by atoms with van der Waals surface area (Å²) in [5, 5.41) is 13.2. The second kappa shape index (κ2) is 8.72. The van der Waals surface area contributed by atoms with Crippen molar-refractivity contribution >= 4 is 28.8 Å². The average Bonchev–Trinajstić information content (AvgIpc) is 3.39. The number of carbonyl (C=O) groups excluding carboxylic acids is 1. The van der Waals surface area contributed by atoms with Crippen molar-refractivity contribution in [2.24, 2.45) is 0 Å². The first-order valence-electron chi connectivity index (χ1n) is 9.37. The highest BCUT2D eigenvalue weighted by Gasteiger charge is 2.24. The lowest BCUT2D eigenvalue weighted by Crippen LogP contribution is -2.22. The smallest absolute Gasteiger partial charge is 0.350 e. The Hall–Kier alpha value is -3.11. The molecule has 2 N–H and O–H groups in total. The van der Waals surface area contributed by atoms with Crippen LogP contribution in [0.2, 0.25) is 0 Å². The number of nitrogens with zero attached hydrogens (tertiary/aromatic N) is 4. The van der Waals surface area contributed by atoms with E-state index in [2.05, 4.69) is 20.3 Å². The van der Waals surface area contributed by atoms with E-state index in [1.165, 1.54) is 7.11 Å². The fourth-order valence-corrected chi connectivity index (χ4v) is 4.22. The molecule has 0 spiro atoms. The van der Waals surface area contributed by atoms with Crippen LogP contribution in [0.25, 0.3) is 10.6 Å². The zero-order valence-corrected chi connectivity index (χ0v) is 17.0. The largest absolute Gasteiger partial charge is 0.465 e. The number of methoxy groups -OCH3 is 1. The van der Waals surface area contributed by atoms with Crippen molar-refractivity contribution in [3.05, 3.63) is 53.2 Å². The van der Waals surface area contributed by atoms with Crippen molar-refractivity contribution in [1.82, 2.24) is 15.0 Å². The number of anilines is 2.